The second-order valence-corrected chi connectivity index (χ2v) is 4.09. The maximum atomic E-state index is 13.0. The number of carbonyl (C=O) groups is 1. The first-order valence-electron chi connectivity index (χ1n) is 5.09. The van der Waals surface area contributed by atoms with Crippen molar-refractivity contribution in [3.63, 3.8) is 0 Å². The first-order valence-corrected chi connectivity index (χ1v) is 5.88. The van der Waals surface area contributed by atoms with E-state index in [1.165, 1.54) is 18.2 Å². The Morgan fingerprint density at radius 1 is 1.44 bits per heavy atom. The highest BCUT2D eigenvalue weighted by Gasteiger charge is 2.09. The number of nitrogens with one attached hydrogen (secondary N) is 1. The van der Waals surface area contributed by atoms with Gasteiger partial charge in [0.15, 0.2) is 0 Å². The van der Waals surface area contributed by atoms with Crippen LogP contribution in [0.25, 0.3) is 0 Å². The molecule has 5 heteroatoms. The topological polar surface area (TPSA) is 32.3 Å². The van der Waals surface area contributed by atoms with Gasteiger partial charge in [-0.1, -0.05) is 0 Å². The predicted octanol–water partition coefficient (Wildman–Crippen LogP) is 3.46. The van der Waals surface area contributed by atoms with Gasteiger partial charge in [-0.15, -0.1) is 0 Å². The summed E-state index contributed by atoms with van der Waals surface area (Å²) < 4.78 is 13.3. The Labute approximate surface area is 103 Å². The van der Waals surface area contributed by atoms with E-state index in [0.29, 0.717) is 23.2 Å². The molecule has 2 amide bonds. The van der Waals surface area contributed by atoms with Gasteiger partial charge in [0.05, 0.1) is 4.47 Å². The Morgan fingerprint density at radius 2 is 2.06 bits per heavy atom. The number of amides is 2. The molecule has 0 aliphatic carbocycles. The molecule has 0 radical (unpaired) electrons. The normalized spacial score (nSPS) is 10.0. The van der Waals surface area contributed by atoms with Crippen LogP contribution in [0.1, 0.15) is 13.8 Å². The summed E-state index contributed by atoms with van der Waals surface area (Å²) in [6.45, 7) is 5.10. The summed E-state index contributed by atoms with van der Waals surface area (Å²) in [4.78, 5) is 13.3. The molecule has 0 aliphatic heterocycles. The zero-order valence-corrected chi connectivity index (χ0v) is 10.8. The van der Waals surface area contributed by atoms with Crippen molar-refractivity contribution < 1.29 is 9.18 Å². The Bertz CT molecular complexity index is 380. The van der Waals surface area contributed by atoms with Gasteiger partial charge in [-0.05, 0) is 48.0 Å². The fourth-order valence-electron chi connectivity index (χ4n) is 1.29. The van der Waals surface area contributed by atoms with E-state index in [1.807, 2.05) is 13.8 Å². The molecule has 88 valence electrons. The van der Waals surface area contributed by atoms with E-state index in [1.54, 1.807) is 4.90 Å². The van der Waals surface area contributed by atoms with Crippen LogP contribution < -0.4 is 5.32 Å². The lowest BCUT2D eigenvalue weighted by Crippen LogP contribution is -2.34. The molecule has 16 heavy (non-hydrogen) atoms. The number of hydrogen-bond acceptors (Lipinski definition) is 1. The van der Waals surface area contributed by atoms with Crippen molar-refractivity contribution in [3.8, 4) is 0 Å². The van der Waals surface area contributed by atoms with Gasteiger partial charge in [0.2, 0.25) is 0 Å². The molecule has 0 saturated carbocycles. The minimum atomic E-state index is -0.346. The molecule has 0 aliphatic rings. The highest BCUT2D eigenvalue weighted by Crippen LogP contribution is 2.20. The summed E-state index contributed by atoms with van der Waals surface area (Å²) in [5.74, 6) is -0.346. The quantitative estimate of drug-likeness (QED) is 0.908. The van der Waals surface area contributed by atoms with E-state index >= 15 is 0 Å². The first-order chi connectivity index (χ1) is 7.58. The van der Waals surface area contributed by atoms with Gasteiger partial charge in [0.1, 0.15) is 5.82 Å². The van der Waals surface area contributed by atoms with Gasteiger partial charge >= 0.3 is 6.03 Å². The molecule has 0 unspecified atom stereocenters. The SMILES string of the molecule is CCN(CC)C(=O)Nc1ccc(F)c(Br)c1. The van der Waals surface area contributed by atoms with Crippen LogP contribution in [-0.4, -0.2) is 24.0 Å². The van der Waals surface area contributed by atoms with Crippen molar-refractivity contribution >= 4 is 27.6 Å². The van der Waals surface area contributed by atoms with Crippen molar-refractivity contribution in [3.05, 3.63) is 28.5 Å². The molecule has 0 fully saturated rings. The van der Waals surface area contributed by atoms with E-state index in [2.05, 4.69) is 21.2 Å². The van der Waals surface area contributed by atoms with Crippen molar-refractivity contribution in [1.29, 1.82) is 0 Å². The molecule has 1 aromatic rings. The Hall–Kier alpha value is -1.10. The molecule has 1 rings (SSSR count). The highest BCUT2D eigenvalue weighted by atomic mass is 79.9. The lowest BCUT2D eigenvalue weighted by molar-refractivity contribution is 0.217. The van der Waals surface area contributed by atoms with E-state index < -0.39 is 0 Å². The van der Waals surface area contributed by atoms with E-state index in [0.717, 1.165) is 0 Å². The standard InChI is InChI=1S/C11H14BrFN2O/c1-3-15(4-2)11(16)14-8-5-6-10(13)9(12)7-8/h5-7H,3-4H2,1-2H3,(H,14,16). The molecule has 1 N–H and O–H groups in total. The molecule has 0 saturated heterocycles. The van der Waals surface area contributed by atoms with Crippen LogP contribution in [0, 0.1) is 5.82 Å². The summed E-state index contributed by atoms with van der Waals surface area (Å²) in [5, 5.41) is 2.70. The average Bonchev–Trinajstić information content (AvgIpc) is 2.25. The molecule has 0 bridgehead atoms. The number of hydrogen-bond donors (Lipinski definition) is 1. The summed E-state index contributed by atoms with van der Waals surface area (Å²) in [6.07, 6.45) is 0. The Balaban J connectivity index is 2.73. The molecular formula is C11H14BrFN2O. The van der Waals surface area contributed by atoms with Gasteiger partial charge in [-0.25, -0.2) is 9.18 Å². The highest BCUT2D eigenvalue weighted by molar-refractivity contribution is 9.10. The molecular weight excluding hydrogens is 275 g/mol. The van der Waals surface area contributed by atoms with Gasteiger partial charge in [-0.3, -0.25) is 0 Å². The zero-order valence-electron chi connectivity index (χ0n) is 9.26. The number of carbonyl (C=O) groups excluding carboxylic acids is 1. The Kier molecular flexibility index (Phi) is 4.73. The van der Waals surface area contributed by atoms with Crippen LogP contribution in [0.3, 0.4) is 0 Å². The van der Waals surface area contributed by atoms with Crippen molar-refractivity contribution in [1.82, 2.24) is 4.90 Å². The number of halogens is 2. The van der Waals surface area contributed by atoms with Crippen LogP contribution >= 0.6 is 15.9 Å². The number of benzene rings is 1. The fraction of sp³-hybridized carbons (Fsp3) is 0.364. The van der Waals surface area contributed by atoms with Crippen LogP contribution in [0.15, 0.2) is 22.7 Å². The smallest absolute Gasteiger partial charge is 0.321 e. The summed E-state index contributed by atoms with van der Waals surface area (Å²) in [6, 6.07) is 4.20. The summed E-state index contributed by atoms with van der Waals surface area (Å²) >= 11 is 3.07. The van der Waals surface area contributed by atoms with E-state index in [4.69, 9.17) is 0 Å². The van der Waals surface area contributed by atoms with Crippen molar-refractivity contribution in [2.45, 2.75) is 13.8 Å². The van der Waals surface area contributed by atoms with Crippen molar-refractivity contribution in [2.24, 2.45) is 0 Å². The minimum Gasteiger partial charge on any atom is -0.325 e. The number of nitrogens with zero attached hydrogens (tertiary/aromatic N) is 1. The summed E-state index contributed by atoms with van der Waals surface area (Å²) in [5.41, 5.74) is 0.574. The molecule has 0 atom stereocenters. The Morgan fingerprint density at radius 3 is 2.56 bits per heavy atom. The third kappa shape index (κ3) is 3.20. The van der Waals surface area contributed by atoms with Gasteiger partial charge in [-0.2, -0.15) is 0 Å². The number of urea groups is 1. The molecule has 3 nitrogen and oxygen atoms in total. The van der Waals surface area contributed by atoms with Crippen LogP contribution in [0.2, 0.25) is 0 Å². The zero-order chi connectivity index (χ0) is 12.1. The first kappa shape index (κ1) is 13.0. The maximum absolute atomic E-state index is 13.0. The van der Waals surface area contributed by atoms with Crippen LogP contribution in [-0.2, 0) is 0 Å². The summed E-state index contributed by atoms with van der Waals surface area (Å²) in [7, 11) is 0. The minimum absolute atomic E-state index is 0.177. The third-order valence-corrected chi connectivity index (χ3v) is 2.83. The van der Waals surface area contributed by atoms with Crippen LogP contribution in [0.5, 0.6) is 0 Å². The van der Waals surface area contributed by atoms with Gasteiger partial charge in [0.25, 0.3) is 0 Å². The second kappa shape index (κ2) is 5.84. The van der Waals surface area contributed by atoms with Gasteiger partial charge in [0, 0.05) is 18.8 Å². The number of anilines is 1. The molecule has 0 spiro atoms. The van der Waals surface area contributed by atoms with Gasteiger partial charge < -0.3 is 10.2 Å². The number of rotatable bonds is 3. The third-order valence-electron chi connectivity index (χ3n) is 2.22. The fourth-order valence-corrected chi connectivity index (χ4v) is 1.67. The monoisotopic (exact) mass is 288 g/mol. The second-order valence-electron chi connectivity index (χ2n) is 3.23. The average molecular weight is 289 g/mol. The van der Waals surface area contributed by atoms with E-state index in [9.17, 15) is 9.18 Å². The lowest BCUT2D eigenvalue weighted by atomic mass is 10.3. The molecule has 0 aromatic heterocycles. The van der Waals surface area contributed by atoms with Crippen molar-refractivity contribution in [2.75, 3.05) is 18.4 Å². The van der Waals surface area contributed by atoms with E-state index in [-0.39, 0.29) is 11.8 Å². The molecule has 1 aromatic carbocycles. The lowest BCUT2D eigenvalue weighted by Gasteiger charge is -2.19. The predicted molar refractivity (Wildman–Crippen MR) is 66.0 cm³/mol. The van der Waals surface area contributed by atoms with Crippen LogP contribution in [0.4, 0.5) is 14.9 Å². The molecule has 0 heterocycles. The largest absolute Gasteiger partial charge is 0.325 e. The maximum Gasteiger partial charge on any atom is 0.321 e.